The zero-order valence-corrected chi connectivity index (χ0v) is 11.9. The molecule has 1 aromatic carbocycles. The molecule has 2 aliphatic rings. The molecule has 3 rings (SSSR count). The van der Waals surface area contributed by atoms with Crippen LogP contribution in [0.3, 0.4) is 0 Å². The van der Waals surface area contributed by atoms with Gasteiger partial charge in [-0.05, 0) is 43.7 Å². The maximum Gasteiger partial charge on any atom is 0.0208 e. The summed E-state index contributed by atoms with van der Waals surface area (Å²) in [5.41, 5.74) is 1.40. The number of benzene rings is 1. The van der Waals surface area contributed by atoms with Gasteiger partial charge in [0.05, 0.1) is 0 Å². The highest BCUT2D eigenvalue weighted by molar-refractivity contribution is 5.14. The largest absolute Gasteiger partial charge is 0.309 e. The summed E-state index contributed by atoms with van der Waals surface area (Å²) in [6.07, 6.45) is 7.11. The van der Waals surface area contributed by atoms with E-state index in [2.05, 4.69) is 40.5 Å². The monoisotopic (exact) mass is 258 g/mol. The van der Waals surface area contributed by atoms with Gasteiger partial charge in [-0.1, -0.05) is 36.8 Å². The predicted octanol–water partition coefficient (Wildman–Crippen LogP) is 3.04. The minimum atomic E-state index is 0.689. The molecule has 19 heavy (non-hydrogen) atoms. The van der Waals surface area contributed by atoms with Crippen molar-refractivity contribution in [3.63, 3.8) is 0 Å². The quantitative estimate of drug-likeness (QED) is 0.873. The third kappa shape index (κ3) is 3.80. The molecule has 0 aromatic heterocycles. The Kier molecular flexibility index (Phi) is 4.52. The molecular weight excluding hydrogens is 232 g/mol. The lowest BCUT2D eigenvalue weighted by molar-refractivity contribution is 0.135. The average molecular weight is 258 g/mol. The standard InChI is InChI=1S/C17H26N2/c1-2-6-15(7-3-1)12-18-17-10-5-11-19(14-17)13-16-8-4-9-16/h1-3,6-7,16-18H,4-5,8-14H2. The molecule has 1 heterocycles. The van der Waals surface area contributed by atoms with Crippen LogP contribution in [0.2, 0.25) is 0 Å². The number of rotatable bonds is 5. The maximum atomic E-state index is 3.74. The molecule has 2 fully saturated rings. The molecule has 1 aliphatic heterocycles. The molecule has 0 radical (unpaired) electrons. The second-order valence-corrected chi connectivity index (χ2v) is 6.26. The third-order valence-electron chi connectivity index (χ3n) is 4.68. The van der Waals surface area contributed by atoms with Crippen LogP contribution in [0.5, 0.6) is 0 Å². The fourth-order valence-corrected chi connectivity index (χ4v) is 3.29. The second-order valence-electron chi connectivity index (χ2n) is 6.26. The molecule has 1 saturated heterocycles. The van der Waals surface area contributed by atoms with Crippen LogP contribution in [0.15, 0.2) is 30.3 Å². The van der Waals surface area contributed by atoms with E-state index in [0.29, 0.717) is 6.04 Å². The van der Waals surface area contributed by atoms with E-state index in [9.17, 15) is 0 Å². The molecule has 1 aromatic rings. The van der Waals surface area contributed by atoms with E-state index in [1.165, 1.54) is 57.3 Å². The molecule has 104 valence electrons. The van der Waals surface area contributed by atoms with E-state index in [-0.39, 0.29) is 0 Å². The molecule has 1 atom stereocenters. The Morgan fingerprint density at radius 1 is 1.05 bits per heavy atom. The number of nitrogens with zero attached hydrogens (tertiary/aromatic N) is 1. The minimum Gasteiger partial charge on any atom is -0.309 e. The van der Waals surface area contributed by atoms with Gasteiger partial charge < -0.3 is 10.2 Å². The molecule has 2 nitrogen and oxygen atoms in total. The highest BCUT2D eigenvalue weighted by Crippen LogP contribution is 2.28. The van der Waals surface area contributed by atoms with E-state index < -0.39 is 0 Å². The van der Waals surface area contributed by atoms with Gasteiger partial charge in [0, 0.05) is 25.7 Å². The molecule has 1 saturated carbocycles. The highest BCUT2D eigenvalue weighted by Gasteiger charge is 2.24. The van der Waals surface area contributed by atoms with E-state index in [4.69, 9.17) is 0 Å². The van der Waals surface area contributed by atoms with Crippen molar-refractivity contribution >= 4 is 0 Å². The lowest BCUT2D eigenvalue weighted by atomic mass is 9.84. The Hall–Kier alpha value is -0.860. The van der Waals surface area contributed by atoms with Crippen molar-refractivity contribution < 1.29 is 0 Å². The van der Waals surface area contributed by atoms with Gasteiger partial charge in [0.15, 0.2) is 0 Å². The number of hydrogen-bond acceptors (Lipinski definition) is 2. The van der Waals surface area contributed by atoms with E-state index in [1.807, 2.05) is 0 Å². The van der Waals surface area contributed by atoms with E-state index in [0.717, 1.165) is 12.5 Å². The van der Waals surface area contributed by atoms with Crippen LogP contribution >= 0.6 is 0 Å². The van der Waals surface area contributed by atoms with Gasteiger partial charge in [0.1, 0.15) is 0 Å². The van der Waals surface area contributed by atoms with Crippen LogP contribution in [0, 0.1) is 5.92 Å². The second kappa shape index (κ2) is 6.53. The molecule has 0 spiro atoms. The molecule has 1 N–H and O–H groups in total. The summed E-state index contributed by atoms with van der Waals surface area (Å²) >= 11 is 0. The summed E-state index contributed by atoms with van der Waals surface area (Å²) in [6.45, 7) is 4.94. The average Bonchev–Trinajstić information content (AvgIpc) is 2.42. The van der Waals surface area contributed by atoms with Gasteiger partial charge in [-0.15, -0.1) is 0 Å². The first kappa shape index (κ1) is 13.1. The van der Waals surface area contributed by atoms with Crippen molar-refractivity contribution in [3.8, 4) is 0 Å². The normalized spacial score (nSPS) is 25.2. The zero-order valence-electron chi connectivity index (χ0n) is 11.9. The molecular formula is C17H26N2. The van der Waals surface area contributed by atoms with Gasteiger partial charge in [0.2, 0.25) is 0 Å². The Morgan fingerprint density at radius 2 is 1.89 bits per heavy atom. The SMILES string of the molecule is c1ccc(CNC2CCCN(CC3CCC3)C2)cc1. The van der Waals surface area contributed by atoms with E-state index in [1.54, 1.807) is 0 Å². The first-order valence-electron chi connectivity index (χ1n) is 7.90. The summed E-state index contributed by atoms with van der Waals surface area (Å²) in [7, 11) is 0. The van der Waals surface area contributed by atoms with Crippen molar-refractivity contribution in [2.45, 2.75) is 44.7 Å². The van der Waals surface area contributed by atoms with Crippen molar-refractivity contribution in [2.75, 3.05) is 19.6 Å². The lowest BCUT2D eigenvalue weighted by Crippen LogP contribution is -2.47. The van der Waals surface area contributed by atoms with E-state index >= 15 is 0 Å². The first-order chi connectivity index (χ1) is 9.40. The molecule has 2 heteroatoms. The summed E-state index contributed by atoms with van der Waals surface area (Å²) < 4.78 is 0. The lowest BCUT2D eigenvalue weighted by Gasteiger charge is -2.37. The smallest absolute Gasteiger partial charge is 0.0208 e. The Balaban J connectivity index is 1.43. The van der Waals surface area contributed by atoms with Crippen LogP contribution in [0.25, 0.3) is 0 Å². The number of likely N-dealkylation sites (tertiary alicyclic amines) is 1. The van der Waals surface area contributed by atoms with Gasteiger partial charge in [0.25, 0.3) is 0 Å². The van der Waals surface area contributed by atoms with Crippen LogP contribution in [-0.2, 0) is 6.54 Å². The zero-order chi connectivity index (χ0) is 12.9. The van der Waals surface area contributed by atoms with Crippen LogP contribution in [0.1, 0.15) is 37.7 Å². The summed E-state index contributed by atoms with van der Waals surface area (Å²) in [6, 6.07) is 11.4. The van der Waals surface area contributed by atoms with Gasteiger partial charge in [-0.3, -0.25) is 0 Å². The van der Waals surface area contributed by atoms with Gasteiger partial charge in [-0.2, -0.15) is 0 Å². The Morgan fingerprint density at radius 3 is 2.63 bits per heavy atom. The maximum absolute atomic E-state index is 3.74. The number of piperidine rings is 1. The first-order valence-corrected chi connectivity index (χ1v) is 7.90. The summed E-state index contributed by atoms with van der Waals surface area (Å²) in [4.78, 5) is 2.69. The third-order valence-corrected chi connectivity index (χ3v) is 4.68. The van der Waals surface area contributed by atoms with Crippen molar-refractivity contribution in [3.05, 3.63) is 35.9 Å². The molecule has 0 amide bonds. The minimum absolute atomic E-state index is 0.689. The summed E-state index contributed by atoms with van der Waals surface area (Å²) in [5.74, 6) is 1.01. The van der Waals surface area contributed by atoms with Crippen molar-refractivity contribution in [1.29, 1.82) is 0 Å². The fraction of sp³-hybridized carbons (Fsp3) is 0.647. The highest BCUT2D eigenvalue weighted by atomic mass is 15.2. The molecule has 1 unspecified atom stereocenters. The molecule has 1 aliphatic carbocycles. The Bertz CT molecular complexity index is 372. The summed E-state index contributed by atoms with van der Waals surface area (Å²) in [5, 5.41) is 3.74. The van der Waals surface area contributed by atoms with Crippen LogP contribution < -0.4 is 5.32 Å². The topological polar surface area (TPSA) is 15.3 Å². The van der Waals surface area contributed by atoms with Crippen molar-refractivity contribution in [2.24, 2.45) is 5.92 Å². The fourth-order valence-electron chi connectivity index (χ4n) is 3.29. The predicted molar refractivity (Wildman–Crippen MR) is 80.1 cm³/mol. The van der Waals surface area contributed by atoms with Gasteiger partial charge in [-0.25, -0.2) is 0 Å². The van der Waals surface area contributed by atoms with Crippen LogP contribution in [0.4, 0.5) is 0 Å². The molecule has 0 bridgehead atoms. The number of hydrogen-bond donors (Lipinski definition) is 1. The van der Waals surface area contributed by atoms with Crippen molar-refractivity contribution in [1.82, 2.24) is 10.2 Å². The number of nitrogens with one attached hydrogen (secondary N) is 1. The van der Waals surface area contributed by atoms with Gasteiger partial charge >= 0.3 is 0 Å². The Labute approximate surface area is 117 Å². The van der Waals surface area contributed by atoms with Crippen LogP contribution in [-0.4, -0.2) is 30.6 Å².